The Morgan fingerprint density at radius 3 is 2.39 bits per heavy atom. The predicted octanol–water partition coefficient (Wildman–Crippen LogP) is 0.335. The van der Waals surface area contributed by atoms with E-state index in [1.54, 1.807) is 4.90 Å². The van der Waals surface area contributed by atoms with Crippen LogP contribution < -0.4 is 10.6 Å². The standard InChI is InChI=1S/C27H31N3O8/c28-26(36)20-23(33)21(30-7-9-38-10-8-30)15-12-13-11-14-16(29-5-1-2-6-29)3-4-17(31)19(14)22(32)18(13)24(34)27(15,37)25(20)35/h3-4,13,15,21,31-32,35,37H,1-2,5-12H2,(H2,28,36). The Morgan fingerprint density at radius 2 is 1.74 bits per heavy atom. The van der Waals surface area contributed by atoms with Crippen molar-refractivity contribution in [3.8, 4) is 5.75 Å². The fourth-order valence-corrected chi connectivity index (χ4v) is 7.16. The summed E-state index contributed by atoms with van der Waals surface area (Å²) in [6.07, 6.45) is 2.43. The zero-order valence-corrected chi connectivity index (χ0v) is 20.9. The molecule has 2 saturated heterocycles. The lowest BCUT2D eigenvalue weighted by molar-refractivity contribution is -0.157. The summed E-state index contributed by atoms with van der Waals surface area (Å²) < 4.78 is 5.41. The molecule has 2 heterocycles. The van der Waals surface area contributed by atoms with E-state index in [1.165, 1.54) is 6.07 Å². The van der Waals surface area contributed by atoms with Crippen LogP contribution in [-0.2, 0) is 25.5 Å². The van der Waals surface area contributed by atoms with Crippen molar-refractivity contribution < 1.29 is 39.5 Å². The second-order valence-electron chi connectivity index (χ2n) is 10.8. The van der Waals surface area contributed by atoms with Crippen LogP contribution in [0.5, 0.6) is 5.75 Å². The number of anilines is 1. The zero-order chi connectivity index (χ0) is 26.9. The highest BCUT2D eigenvalue weighted by Gasteiger charge is 2.64. The SMILES string of the molecule is NC(=O)C1=C(O)C2(O)C(=O)C3=C(O)c4c(O)ccc(N5CCCC5)c4CC3CC2C(N2CCOCC2)C1=O. The average molecular weight is 526 g/mol. The quantitative estimate of drug-likeness (QED) is 0.346. The van der Waals surface area contributed by atoms with Gasteiger partial charge in [0.05, 0.1) is 24.8 Å². The molecule has 38 heavy (non-hydrogen) atoms. The number of phenolic OH excluding ortho intramolecular Hbond substituents is 1. The Kier molecular flexibility index (Phi) is 5.78. The van der Waals surface area contributed by atoms with Crippen molar-refractivity contribution in [2.24, 2.45) is 17.6 Å². The number of benzene rings is 1. The molecular weight excluding hydrogens is 494 g/mol. The summed E-state index contributed by atoms with van der Waals surface area (Å²) in [6, 6.07) is 2.20. The number of hydrogen-bond donors (Lipinski definition) is 5. The van der Waals surface area contributed by atoms with E-state index in [1.807, 2.05) is 6.07 Å². The summed E-state index contributed by atoms with van der Waals surface area (Å²) in [4.78, 5) is 43.8. The number of nitrogens with two attached hydrogens (primary N) is 1. The van der Waals surface area contributed by atoms with Gasteiger partial charge in [-0.2, -0.15) is 0 Å². The van der Waals surface area contributed by atoms with Crippen molar-refractivity contribution in [1.29, 1.82) is 0 Å². The molecule has 5 aliphatic rings. The highest BCUT2D eigenvalue weighted by molar-refractivity contribution is 6.24. The number of primary amides is 1. The van der Waals surface area contributed by atoms with Gasteiger partial charge in [-0.15, -0.1) is 0 Å². The van der Waals surface area contributed by atoms with Crippen molar-refractivity contribution in [1.82, 2.24) is 4.90 Å². The van der Waals surface area contributed by atoms with Gasteiger partial charge >= 0.3 is 0 Å². The molecule has 0 radical (unpaired) electrons. The fraction of sp³-hybridized carbons (Fsp3) is 0.519. The number of nitrogens with zero attached hydrogens (tertiary/aromatic N) is 2. The third-order valence-corrected chi connectivity index (χ3v) is 8.91. The molecule has 6 N–H and O–H groups in total. The Balaban J connectivity index is 1.52. The molecule has 11 heteroatoms. The Morgan fingerprint density at radius 1 is 1.05 bits per heavy atom. The summed E-state index contributed by atoms with van der Waals surface area (Å²) in [5.41, 5.74) is 3.58. The van der Waals surface area contributed by atoms with E-state index in [4.69, 9.17) is 10.5 Å². The van der Waals surface area contributed by atoms with E-state index in [-0.39, 0.29) is 23.3 Å². The molecule has 2 aliphatic heterocycles. The molecule has 0 bridgehead atoms. The maximum atomic E-state index is 14.0. The van der Waals surface area contributed by atoms with Gasteiger partial charge in [0, 0.05) is 43.4 Å². The number of aliphatic hydroxyl groups is 3. The van der Waals surface area contributed by atoms with Gasteiger partial charge in [0.2, 0.25) is 5.78 Å². The van der Waals surface area contributed by atoms with Crippen LogP contribution in [0.2, 0.25) is 0 Å². The molecule has 0 aromatic heterocycles. The van der Waals surface area contributed by atoms with Crippen LogP contribution in [0.4, 0.5) is 5.69 Å². The van der Waals surface area contributed by atoms with Gasteiger partial charge in [0.25, 0.3) is 5.91 Å². The smallest absolute Gasteiger partial charge is 0.255 e. The molecule has 3 fully saturated rings. The second-order valence-corrected chi connectivity index (χ2v) is 10.8. The third kappa shape index (κ3) is 3.35. The number of ketones is 2. The lowest BCUT2D eigenvalue weighted by Gasteiger charge is -2.51. The number of ether oxygens (including phenoxy) is 1. The van der Waals surface area contributed by atoms with Gasteiger partial charge in [-0.05, 0) is 49.3 Å². The molecule has 4 unspecified atom stereocenters. The maximum absolute atomic E-state index is 14.0. The maximum Gasteiger partial charge on any atom is 0.255 e. The predicted molar refractivity (Wildman–Crippen MR) is 134 cm³/mol. The van der Waals surface area contributed by atoms with Crippen LogP contribution in [0, 0.1) is 11.8 Å². The summed E-state index contributed by atoms with van der Waals surface area (Å²) in [5.74, 6) is -6.36. The van der Waals surface area contributed by atoms with E-state index >= 15 is 0 Å². The lowest BCUT2D eigenvalue weighted by Crippen LogP contribution is -2.67. The first-order valence-corrected chi connectivity index (χ1v) is 13.1. The van der Waals surface area contributed by atoms with Gasteiger partial charge in [-0.1, -0.05) is 0 Å². The fourth-order valence-electron chi connectivity index (χ4n) is 7.16. The minimum Gasteiger partial charge on any atom is -0.508 e. The number of aliphatic hydroxyl groups excluding tert-OH is 2. The lowest BCUT2D eigenvalue weighted by atomic mass is 9.57. The van der Waals surface area contributed by atoms with Crippen LogP contribution in [0.25, 0.3) is 5.76 Å². The van der Waals surface area contributed by atoms with Crippen molar-refractivity contribution in [2.75, 3.05) is 44.3 Å². The van der Waals surface area contributed by atoms with E-state index in [0.29, 0.717) is 38.3 Å². The second kappa shape index (κ2) is 8.82. The number of morpholine rings is 1. The number of hydrogen-bond acceptors (Lipinski definition) is 10. The molecule has 11 nitrogen and oxygen atoms in total. The van der Waals surface area contributed by atoms with Crippen molar-refractivity contribution in [3.63, 3.8) is 0 Å². The molecule has 4 atom stereocenters. The first-order chi connectivity index (χ1) is 18.2. The molecule has 1 saturated carbocycles. The number of fused-ring (bicyclic) bond motifs is 3. The third-order valence-electron chi connectivity index (χ3n) is 8.91. The molecule has 1 aromatic carbocycles. The first-order valence-electron chi connectivity index (χ1n) is 13.1. The summed E-state index contributed by atoms with van der Waals surface area (Å²) in [6.45, 7) is 2.99. The molecule has 202 valence electrons. The minimum atomic E-state index is -2.64. The number of Topliss-reactive ketones (excluding diaryl/α,β-unsaturated/α-hetero) is 2. The Hall–Kier alpha value is -3.41. The van der Waals surface area contributed by atoms with E-state index in [2.05, 4.69) is 4.90 Å². The number of aromatic hydroxyl groups is 1. The van der Waals surface area contributed by atoms with E-state index in [9.17, 15) is 34.8 Å². The average Bonchev–Trinajstić information content (AvgIpc) is 3.41. The summed E-state index contributed by atoms with van der Waals surface area (Å²) >= 11 is 0. The minimum absolute atomic E-state index is 0.0834. The molecule has 0 spiro atoms. The number of carbonyl (C=O) groups is 3. The van der Waals surface area contributed by atoms with E-state index in [0.717, 1.165) is 31.6 Å². The van der Waals surface area contributed by atoms with Gasteiger partial charge in [0.15, 0.2) is 11.4 Å². The molecule has 3 aliphatic carbocycles. The monoisotopic (exact) mass is 525 g/mol. The normalized spacial score (nSPS) is 31.8. The van der Waals surface area contributed by atoms with Gasteiger partial charge in [0.1, 0.15) is 22.8 Å². The van der Waals surface area contributed by atoms with Gasteiger partial charge in [-0.3, -0.25) is 19.3 Å². The number of phenols is 1. The Labute approximate surface area is 218 Å². The highest BCUT2D eigenvalue weighted by Crippen LogP contribution is 2.54. The van der Waals surface area contributed by atoms with Crippen LogP contribution in [-0.4, -0.2) is 93.8 Å². The molecule has 1 amide bonds. The first kappa shape index (κ1) is 24.9. The zero-order valence-electron chi connectivity index (χ0n) is 20.9. The van der Waals surface area contributed by atoms with Crippen molar-refractivity contribution in [2.45, 2.75) is 37.3 Å². The molecule has 1 aromatic rings. The molecular formula is C27H31N3O8. The van der Waals surface area contributed by atoms with Gasteiger partial charge < -0.3 is 35.8 Å². The topological polar surface area (TPSA) is 174 Å². The largest absolute Gasteiger partial charge is 0.508 e. The van der Waals surface area contributed by atoms with Gasteiger partial charge in [-0.25, -0.2) is 0 Å². The van der Waals surface area contributed by atoms with Crippen LogP contribution in [0.15, 0.2) is 29.0 Å². The Bertz CT molecular complexity index is 1310. The number of amides is 1. The van der Waals surface area contributed by atoms with Crippen LogP contribution in [0.1, 0.15) is 30.4 Å². The van der Waals surface area contributed by atoms with Crippen molar-refractivity contribution in [3.05, 3.63) is 40.2 Å². The van der Waals surface area contributed by atoms with Crippen LogP contribution >= 0.6 is 0 Å². The summed E-state index contributed by atoms with van der Waals surface area (Å²) in [5, 5.41) is 45.0. The van der Waals surface area contributed by atoms with E-state index < -0.39 is 58.0 Å². The summed E-state index contributed by atoms with van der Waals surface area (Å²) in [7, 11) is 0. The molecule has 6 rings (SSSR count). The highest BCUT2D eigenvalue weighted by atomic mass is 16.5. The van der Waals surface area contributed by atoms with Crippen LogP contribution in [0.3, 0.4) is 0 Å². The van der Waals surface area contributed by atoms with Crippen molar-refractivity contribution >= 4 is 28.9 Å². The number of carbonyl (C=O) groups excluding carboxylic acids is 3. The number of rotatable bonds is 3.